The summed E-state index contributed by atoms with van der Waals surface area (Å²) < 4.78 is 0. The Morgan fingerprint density at radius 2 is 1.95 bits per heavy atom. The Morgan fingerprint density at radius 1 is 1.25 bits per heavy atom. The van der Waals surface area contributed by atoms with Gasteiger partial charge in [-0.2, -0.15) is 0 Å². The van der Waals surface area contributed by atoms with Crippen LogP contribution in [0.3, 0.4) is 0 Å². The molecular weight excluding hydrogens is 272 g/mol. The van der Waals surface area contributed by atoms with E-state index in [1.807, 2.05) is 6.92 Å². The second-order valence-electron chi connectivity index (χ2n) is 6.07. The molecule has 0 N–H and O–H groups in total. The third-order valence-corrected chi connectivity index (χ3v) is 4.70. The number of hydrogen-bond donors (Lipinski definition) is 0. The highest BCUT2D eigenvalue weighted by Crippen LogP contribution is 2.39. The summed E-state index contributed by atoms with van der Waals surface area (Å²) >= 11 is 6.27. The number of likely N-dealkylation sites (N-methyl/N-ethyl adjacent to an activating group) is 1. The first kappa shape index (κ1) is 14.1. The molecule has 4 nitrogen and oxygen atoms in total. The lowest BCUT2D eigenvalue weighted by Gasteiger charge is -2.24. The van der Waals surface area contributed by atoms with Crippen LogP contribution in [-0.4, -0.2) is 48.1 Å². The Bertz CT molecular complexity index is 481. The van der Waals surface area contributed by atoms with Crippen LogP contribution < -0.4 is 4.90 Å². The number of anilines is 1. The number of nitrogens with zero attached hydrogens (tertiary/aromatic N) is 4. The van der Waals surface area contributed by atoms with Gasteiger partial charge >= 0.3 is 0 Å². The summed E-state index contributed by atoms with van der Waals surface area (Å²) in [7, 11) is 2.11. The quantitative estimate of drug-likeness (QED) is 0.782. The standard InChI is InChI=1S/C15H23ClN4/c1-11-13(16)17-14(12-5-6-12)18-15(11)19(2)9-10-20-7-3-4-8-20/h12H,3-10H2,1-2H3. The van der Waals surface area contributed by atoms with Gasteiger partial charge in [0.05, 0.1) is 0 Å². The predicted molar refractivity (Wildman–Crippen MR) is 82.7 cm³/mol. The number of hydrogen-bond acceptors (Lipinski definition) is 4. The van der Waals surface area contributed by atoms with E-state index >= 15 is 0 Å². The van der Waals surface area contributed by atoms with Crippen molar-refractivity contribution in [2.45, 2.75) is 38.5 Å². The molecule has 2 fully saturated rings. The third-order valence-electron chi connectivity index (χ3n) is 4.33. The Kier molecular flexibility index (Phi) is 4.13. The van der Waals surface area contributed by atoms with E-state index < -0.39 is 0 Å². The maximum absolute atomic E-state index is 6.27. The van der Waals surface area contributed by atoms with E-state index in [4.69, 9.17) is 16.6 Å². The van der Waals surface area contributed by atoms with Crippen molar-refractivity contribution in [3.05, 3.63) is 16.5 Å². The minimum Gasteiger partial charge on any atom is -0.358 e. The predicted octanol–water partition coefficient (Wildman–Crippen LogP) is 2.85. The van der Waals surface area contributed by atoms with Gasteiger partial charge < -0.3 is 9.80 Å². The average molecular weight is 295 g/mol. The van der Waals surface area contributed by atoms with Crippen molar-refractivity contribution in [2.75, 3.05) is 38.1 Å². The van der Waals surface area contributed by atoms with Crippen LogP contribution in [0.4, 0.5) is 5.82 Å². The first-order valence-corrected chi connectivity index (χ1v) is 8.00. The highest BCUT2D eigenvalue weighted by molar-refractivity contribution is 6.30. The highest BCUT2D eigenvalue weighted by atomic mass is 35.5. The largest absolute Gasteiger partial charge is 0.358 e. The van der Waals surface area contributed by atoms with Crippen molar-refractivity contribution in [1.29, 1.82) is 0 Å². The van der Waals surface area contributed by atoms with Crippen LogP contribution in [-0.2, 0) is 0 Å². The smallest absolute Gasteiger partial charge is 0.137 e. The van der Waals surface area contributed by atoms with Gasteiger partial charge in [0.15, 0.2) is 0 Å². The Labute approximate surface area is 126 Å². The first-order chi connectivity index (χ1) is 9.65. The molecule has 0 unspecified atom stereocenters. The molecule has 1 aromatic heterocycles. The Balaban J connectivity index is 1.70. The summed E-state index contributed by atoms with van der Waals surface area (Å²) in [6.45, 7) is 6.60. The van der Waals surface area contributed by atoms with E-state index in [0.29, 0.717) is 11.1 Å². The molecule has 1 aliphatic heterocycles. The SMILES string of the molecule is Cc1c(Cl)nc(C2CC2)nc1N(C)CCN1CCCC1. The molecule has 20 heavy (non-hydrogen) atoms. The van der Waals surface area contributed by atoms with Gasteiger partial charge in [0.25, 0.3) is 0 Å². The highest BCUT2D eigenvalue weighted by Gasteiger charge is 2.28. The van der Waals surface area contributed by atoms with Crippen LogP contribution in [0.25, 0.3) is 0 Å². The molecule has 1 saturated heterocycles. The normalized spacial score (nSPS) is 19.6. The summed E-state index contributed by atoms with van der Waals surface area (Å²) in [5.41, 5.74) is 1.000. The second-order valence-corrected chi connectivity index (χ2v) is 6.42. The molecule has 0 atom stereocenters. The van der Waals surface area contributed by atoms with Crippen molar-refractivity contribution in [1.82, 2.24) is 14.9 Å². The summed E-state index contributed by atoms with van der Waals surface area (Å²) in [5.74, 6) is 2.48. The molecule has 1 saturated carbocycles. The van der Waals surface area contributed by atoms with Gasteiger partial charge in [-0.25, -0.2) is 9.97 Å². The van der Waals surface area contributed by atoms with Gasteiger partial charge in [0.2, 0.25) is 0 Å². The zero-order valence-corrected chi connectivity index (χ0v) is 13.2. The second kappa shape index (κ2) is 5.86. The van der Waals surface area contributed by atoms with Crippen molar-refractivity contribution < 1.29 is 0 Å². The maximum atomic E-state index is 6.27. The van der Waals surface area contributed by atoms with Crippen LogP contribution in [0.15, 0.2) is 0 Å². The molecule has 1 aliphatic carbocycles. The fourth-order valence-corrected chi connectivity index (χ4v) is 2.96. The summed E-state index contributed by atoms with van der Waals surface area (Å²) in [6, 6.07) is 0. The Hall–Kier alpha value is -0.870. The lowest BCUT2D eigenvalue weighted by Crippen LogP contribution is -2.32. The summed E-state index contributed by atoms with van der Waals surface area (Å²) in [6.07, 6.45) is 5.09. The molecule has 0 bridgehead atoms. The molecule has 0 spiro atoms. The van der Waals surface area contributed by atoms with Crippen molar-refractivity contribution >= 4 is 17.4 Å². The number of likely N-dealkylation sites (tertiary alicyclic amines) is 1. The lowest BCUT2D eigenvalue weighted by molar-refractivity contribution is 0.346. The topological polar surface area (TPSA) is 32.3 Å². The molecule has 110 valence electrons. The molecule has 2 aliphatic rings. The first-order valence-electron chi connectivity index (χ1n) is 7.62. The van der Waals surface area contributed by atoms with Gasteiger partial charge in [-0.05, 0) is 45.7 Å². The maximum Gasteiger partial charge on any atom is 0.137 e. The fraction of sp³-hybridized carbons (Fsp3) is 0.733. The molecule has 0 radical (unpaired) electrons. The van der Waals surface area contributed by atoms with Gasteiger partial charge in [0.1, 0.15) is 16.8 Å². The van der Waals surface area contributed by atoms with E-state index in [1.165, 1.54) is 38.8 Å². The molecule has 0 amide bonds. The number of halogens is 1. The number of rotatable bonds is 5. The van der Waals surface area contributed by atoms with Gasteiger partial charge in [0, 0.05) is 31.6 Å². The van der Waals surface area contributed by atoms with Crippen LogP contribution in [0, 0.1) is 6.92 Å². The van der Waals surface area contributed by atoms with Gasteiger partial charge in [-0.15, -0.1) is 0 Å². The number of aromatic nitrogens is 2. The van der Waals surface area contributed by atoms with E-state index in [2.05, 4.69) is 21.8 Å². The zero-order valence-electron chi connectivity index (χ0n) is 12.4. The van der Waals surface area contributed by atoms with Crippen molar-refractivity contribution in [3.8, 4) is 0 Å². The summed E-state index contributed by atoms with van der Waals surface area (Å²) in [5, 5.41) is 0.616. The van der Waals surface area contributed by atoms with Crippen molar-refractivity contribution in [2.24, 2.45) is 0 Å². The van der Waals surface area contributed by atoms with E-state index in [-0.39, 0.29) is 0 Å². The third kappa shape index (κ3) is 3.07. The van der Waals surface area contributed by atoms with Gasteiger partial charge in [-0.3, -0.25) is 0 Å². The Morgan fingerprint density at radius 3 is 2.60 bits per heavy atom. The van der Waals surface area contributed by atoms with Crippen LogP contribution in [0.2, 0.25) is 5.15 Å². The van der Waals surface area contributed by atoms with E-state index in [0.717, 1.165) is 30.3 Å². The fourth-order valence-electron chi connectivity index (χ4n) is 2.79. The molecule has 2 heterocycles. The molecule has 1 aromatic rings. The van der Waals surface area contributed by atoms with Crippen LogP contribution in [0.5, 0.6) is 0 Å². The molecule has 0 aromatic carbocycles. The summed E-state index contributed by atoms with van der Waals surface area (Å²) in [4.78, 5) is 13.9. The zero-order chi connectivity index (χ0) is 14.1. The molecule has 5 heteroatoms. The van der Waals surface area contributed by atoms with Crippen LogP contribution >= 0.6 is 11.6 Å². The lowest BCUT2D eigenvalue weighted by atomic mass is 10.3. The monoisotopic (exact) mass is 294 g/mol. The van der Waals surface area contributed by atoms with E-state index in [9.17, 15) is 0 Å². The van der Waals surface area contributed by atoms with E-state index in [1.54, 1.807) is 0 Å². The molecule has 3 rings (SSSR count). The minimum atomic E-state index is 0.541. The van der Waals surface area contributed by atoms with Gasteiger partial charge in [-0.1, -0.05) is 11.6 Å². The minimum absolute atomic E-state index is 0.541. The molecular formula is C15H23ClN4. The average Bonchev–Trinajstić information content (AvgIpc) is 3.16. The van der Waals surface area contributed by atoms with Crippen molar-refractivity contribution in [3.63, 3.8) is 0 Å². The van der Waals surface area contributed by atoms with Crippen LogP contribution in [0.1, 0.15) is 43.0 Å².